The average Bonchev–Trinajstić information content (AvgIpc) is 2.49. The third kappa shape index (κ3) is 3.77. The molecule has 0 aliphatic rings. The maximum absolute atomic E-state index is 12.3. The van der Waals surface area contributed by atoms with Gasteiger partial charge in [-0.1, -0.05) is 29.8 Å². The molecule has 2 rings (SSSR count). The third-order valence-electron chi connectivity index (χ3n) is 3.13. The smallest absolute Gasteiger partial charge is 0.251 e. The lowest BCUT2D eigenvalue weighted by Crippen LogP contribution is -2.26. The van der Waals surface area contributed by atoms with Crippen LogP contribution in [0.3, 0.4) is 0 Å². The highest BCUT2D eigenvalue weighted by atomic mass is 79.9. The van der Waals surface area contributed by atoms with Crippen molar-refractivity contribution in [1.82, 2.24) is 5.32 Å². The molecule has 0 aliphatic heterocycles. The maximum Gasteiger partial charge on any atom is 0.251 e. The fraction of sp³-hybridized carbons (Fsp3) is 0.188. The molecule has 0 fully saturated rings. The minimum atomic E-state index is -0.164. The molecule has 3 nitrogen and oxygen atoms in total. The molecule has 21 heavy (non-hydrogen) atoms. The van der Waals surface area contributed by atoms with Crippen molar-refractivity contribution in [2.24, 2.45) is 0 Å². The van der Waals surface area contributed by atoms with E-state index in [4.69, 9.17) is 16.3 Å². The molecule has 110 valence electrons. The predicted molar refractivity (Wildman–Crippen MR) is 88.0 cm³/mol. The molecule has 1 N–H and O–H groups in total. The van der Waals surface area contributed by atoms with Crippen LogP contribution in [0.15, 0.2) is 46.9 Å². The summed E-state index contributed by atoms with van der Waals surface area (Å²) in [6.45, 7) is 1.92. The highest BCUT2D eigenvalue weighted by Crippen LogP contribution is 2.26. The first kappa shape index (κ1) is 15.9. The Hall–Kier alpha value is -1.52. The van der Waals surface area contributed by atoms with Gasteiger partial charge < -0.3 is 10.1 Å². The Labute approximate surface area is 137 Å². The van der Waals surface area contributed by atoms with E-state index in [0.717, 1.165) is 11.3 Å². The van der Waals surface area contributed by atoms with E-state index in [0.29, 0.717) is 15.1 Å². The van der Waals surface area contributed by atoms with E-state index < -0.39 is 0 Å². The molecule has 0 spiro atoms. The summed E-state index contributed by atoms with van der Waals surface area (Å²) in [5, 5.41) is 3.52. The normalized spacial score (nSPS) is 11.8. The van der Waals surface area contributed by atoms with Gasteiger partial charge in [-0.2, -0.15) is 0 Å². The molecule has 0 heterocycles. The second kappa shape index (κ2) is 6.96. The molecule has 1 unspecified atom stereocenters. The van der Waals surface area contributed by atoms with Gasteiger partial charge in [0, 0.05) is 15.6 Å². The van der Waals surface area contributed by atoms with E-state index >= 15 is 0 Å². The molecule has 1 atom stereocenters. The average molecular weight is 369 g/mol. The van der Waals surface area contributed by atoms with E-state index in [9.17, 15) is 4.79 Å². The van der Waals surface area contributed by atoms with Crippen molar-refractivity contribution in [1.29, 1.82) is 0 Å². The molecule has 0 bridgehead atoms. The monoisotopic (exact) mass is 367 g/mol. The second-order valence-electron chi connectivity index (χ2n) is 4.57. The SMILES string of the molecule is COc1ccccc1C(C)NC(=O)c1ccc(Cl)c(Br)c1. The van der Waals surface area contributed by atoms with Crippen molar-refractivity contribution < 1.29 is 9.53 Å². The van der Waals surface area contributed by atoms with Crippen LogP contribution in [0.2, 0.25) is 5.02 Å². The first-order valence-corrected chi connectivity index (χ1v) is 7.59. The molecular formula is C16H15BrClNO2. The first-order valence-electron chi connectivity index (χ1n) is 6.41. The van der Waals surface area contributed by atoms with E-state index in [2.05, 4.69) is 21.2 Å². The zero-order valence-corrected chi connectivity index (χ0v) is 14.0. The van der Waals surface area contributed by atoms with E-state index in [-0.39, 0.29) is 11.9 Å². The third-order valence-corrected chi connectivity index (χ3v) is 4.35. The molecule has 2 aromatic rings. The lowest BCUT2D eigenvalue weighted by Gasteiger charge is -2.17. The van der Waals surface area contributed by atoms with Crippen LogP contribution < -0.4 is 10.1 Å². The van der Waals surface area contributed by atoms with Gasteiger partial charge in [-0.3, -0.25) is 4.79 Å². The van der Waals surface area contributed by atoms with Gasteiger partial charge in [0.25, 0.3) is 5.91 Å². The Kier molecular flexibility index (Phi) is 5.26. The Morgan fingerprint density at radius 1 is 1.29 bits per heavy atom. The summed E-state index contributed by atoms with van der Waals surface area (Å²) in [6.07, 6.45) is 0. The van der Waals surface area contributed by atoms with Gasteiger partial charge >= 0.3 is 0 Å². The van der Waals surface area contributed by atoms with E-state index in [1.54, 1.807) is 25.3 Å². The number of ether oxygens (including phenoxy) is 1. The highest BCUT2D eigenvalue weighted by molar-refractivity contribution is 9.10. The molecule has 5 heteroatoms. The summed E-state index contributed by atoms with van der Waals surface area (Å²) in [6, 6.07) is 12.5. The van der Waals surface area contributed by atoms with Gasteiger partial charge in [0.05, 0.1) is 18.2 Å². The van der Waals surface area contributed by atoms with Crippen LogP contribution in [0, 0.1) is 0 Å². The quantitative estimate of drug-likeness (QED) is 0.856. The number of carbonyl (C=O) groups excluding carboxylic acids is 1. The number of hydrogen-bond donors (Lipinski definition) is 1. The van der Waals surface area contributed by atoms with Gasteiger partial charge in [0.2, 0.25) is 0 Å². The fourth-order valence-electron chi connectivity index (χ4n) is 2.02. The molecule has 0 aliphatic carbocycles. The molecular weight excluding hydrogens is 354 g/mol. The summed E-state index contributed by atoms with van der Waals surface area (Å²) in [5.41, 5.74) is 1.48. The number of benzene rings is 2. The first-order chi connectivity index (χ1) is 10.0. The molecule has 2 aromatic carbocycles. The summed E-state index contributed by atoms with van der Waals surface area (Å²) in [7, 11) is 1.61. The van der Waals surface area contributed by atoms with Crippen molar-refractivity contribution in [3.63, 3.8) is 0 Å². The lowest BCUT2D eigenvalue weighted by atomic mass is 10.1. The number of hydrogen-bond acceptors (Lipinski definition) is 2. The zero-order chi connectivity index (χ0) is 15.4. The Morgan fingerprint density at radius 2 is 2.00 bits per heavy atom. The van der Waals surface area contributed by atoms with Crippen LogP contribution in [-0.2, 0) is 0 Å². The standard InChI is InChI=1S/C16H15BrClNO2/c1-10(12-5-3-4-6-15(12)21-2)19-16(20)11-7-8-14(18)13(17)9-11/h3-10H,1-2H3,(H,19,20). The highest BCUT2D eigenvalue weighted by Gasteiger charge is 2.15. The van der Waals surface area contributed by atoms with Gasteiger partial charge in [0.1, 0.15) is 5.75 Å². The van der Waals surface area contributed by atoms with Crippen molar-refractivity contribution in [3.8, 4) is 5.75 Å². The van der Waals surface area contributed by atoms with Crippen molar-refractivity contribution in [2.75, 3.05) is 7.11 Å². The van der Waals surface area contributed by atoms with Gasteiger partial charge in [0.15, 0.2) is 0 Å². The van der Waals surface area contributed by atoms with Crippen LogP contribution in [-0.4, -0.2) is 13.0 Å². The van der Waals surface area contributed by atoms with Gasteiger partial charge in [-0.15, -0.1) is 0 Å². The fourth-order valence-corrected chi connectivity index (χ4v) is 2.52. The molecule has 0 saturated heterocycles. The lowest BCUT2D eigenvalue weighted by molar-refractivity contribution is 0.0939. The second-order valence-corrected chi connectivity index (χ2v) is 5.83. The molecule has 0 saturated carbocycles. The van der Waals surface area contributed by atoms with Crippen LogP contribution in [0.25, 0.3) is 0 Å². The van der Waals surface area contributed by atoms with Crippen LogP contribution >= 0.6 is 27.5 Å². The van der Waals surface area contributed by atoms with Crippen molar-refractivity contribution in [3.05, 3.63) is 63.1 Å². The maximum atomic E-state index is 12.3. The number of carbonyl (C=O) groups is 1. The van der Waals surface area contributed by atoms with E-state index in [1.807, 2.05) is 31.2 Å². The summed E-state index contributed by atoms with van der Waals surface area (Å²) in [4.78, 5) is 12.3. The Bertz CT molecular complexity index is 660. The number of methoxy groups -OCH3 is 1. The molecule has 0 aromatic heterocycles. The van der Waals surface area contributed by atoms with Gasteiger partial charge in [-0.25, -0.2) is 0 Å². The minimum Gasteiger partial charge on any atom is -0.496 e. The number of rotatable bonds is 4. The Morgan fingerprint density at radius 3 is 2.67 bits per heavy atom. The number of nitrogens with one attached hydrogen (secondary N) is 1. The molecule has 0 radical (unpaired) electrons. The predicted octanol–water partition coefficient (Wildman–Crippen LogP) is 4.60. The summed E-state index contributed by atoms with van der Waals surface area (Å²) < 4.78 is 6.01. The number of para-hydroxylation sites is 1. The summed E-state index contributed by atoms with van der Waals surface area (Å²) >= 11 is 9.25. The topological polar surface area (TPSA) is 38.3 Å². The largest absolute Gasteiger partial charge is 0.496 e. The van der Waals surface area contributed by atoms with E-state index in [1.165, 1.54) is 0 Å². The zero-order valence-electron chi connectivity index (χ0n) is 11.7. The van der Waals surface area contributed by atoms with Crippen molar-refractivity contribution in [2.45, 2.75) is 13.0 Å². The minimum absolute atomic E-state index is 0.161. The van der Waals surface area contributed by atoms with Crippen molar-refractivity contribution >= 4 is 33.4 Å². The number of amides is 1. The molecule has 1 amide bonds. The summed E-state index contributed by atoms with van der Waals surface area (Å²) in [5.74, 6) is 0.591. The van der Waals surface area contributed by atoms with Crippen LogP contribution in [0.1, 0.15) is 28.9 Å². The number of halogens is 2. The van der Waals surface area contributed by atoms with Crippen LogP contribution in [0.4, 0.5) is 0 Å². The Balaban J connectivity index is 2.16. The van der Waals surface area contributed by atoms with Crippen LogP contribution in [0.5, 0.6) is 5.75 Å². The van der Waals surface area contributed by atoms with Gasteiger partial charge in [-0.05, 0) is 47.1 Å².